The molecule has 84 valence electrons. The molecule has 0 saturated heterocycles. The van der Waals surface area contributed by atoms with Gasteiger partial charge in [0.15, 0.2) is 0 Å². The van der Waals surface area contributed by atoms with Crippen LogP contribution >= 0.6 is 0 Å². The Labute approximate surface area is 90.5 Å². The first-order valence-corrected chi connectivity index (χ1v) is 5.70. The Morgan fingerprint density at radius 2 is 1.21 bits per heavy atom. The molecule has 0 spiro atoms. The molecule has 1 heteroatoms. The third-order valence-electron chi connectivity index (χ3n) is 3.09. The van der Waals surface area contributed by atoms with Crippen molar-refractivity contribution in [1.82, 2.24) is 0 Å². The van der Waals surface area contributed by atoms with Crippen molar-refractivity contribution < 1.29 is 0 Å². The minimum absolute atomic E-state index is 0.464. The summed E-state index contributed by atoms with van der Waals surface area (Å²) in [4.78, 5) is 0. The lowest BCUT2D eigenvalue weighted by molar-refractivity contribution is 0.192. The van der Waals surface area contributed by atoms with E-state index in [1.807, 2.05) is 13.8 Å². The van der Waals surface area contributed by atoms with Crippen molar-refractivity contribution in [2.24, 2.45) is 23.5 Å². The average Bonchev–Trinajstić information content (AvgIpc) is 2.21. The summed E-state index contributed by atoms with van der Waals surface area (Å²) in [6, 6.07) is 0.464. The highest BCUT2D eigenvalue weighted by atomic mass is 14.7. The van der Waals surface area contributed by atoms with E-state index >= 15 is 0 Å². The highest BCUT2D eigenvalue weighted by molar-refractivity contribution is 4.81. The third-order valence-corrected chi connectivity index (χ3v) is 3.09. The Kier molecular flexibility index (Phi) is 10.4. The first kappa shape index (κ1) is 16.0. The second kappa shape index (κ2) is 9.09. The van der Waals surface area contributed by atoms with Gasteiger partial charge in [0.05, 0.1) is 0 Å². The summed E-state index contributed by atoms with van der Waals surface area (Å²) >= 11 is 0. The van der Waals surface area contributed by atoms with Gasteiger partial charge in [-0.1, -0.05) is 34.6 Å². The van der Waals surface area contributed by atoms with Crippen molar-refractivity contribution in [3.63, 3.8) is 0 Å². The molecular weight excluding hydrogens is 170 g/mol. The first-order chi connectivity index (χ1) is 6.61. The molecule has 2 N–H and O–H groups in total. The maximum absolute atomic E-state index is 5.93. The molecule has 1 aliphatic rings. The highest BCUT2D eigenvalue weighted by Crippen LogP contribution is 2.31. The third kappa shape index (κ3) is 5.29. The molecule has 0 aromatic heterocycles. The van der Waals surface area contributed by atoms with E-state index in [1.54, 1.807) is 0 Å². The van der Waals surface area contributed by atoms with Crippen LogP contribution in [0, 0.1) is 30.6 Å². The Morgan fingerprint density at radius 1 is 0.857 bits per heavy atom. The van der Waals surface area contributed by atoms with Crippen molar-refractivity contribution in [1.29, 1.82) is 0 Å². The summed E-state index contributed by atoms with van der Waals surface area (Å²) < 4.78 is 0. The Balaban J connectivity index is 0. The molecule has 0 bridgehead atoms. The molecule has 0 heterocycles. The van der Waals surface area contributed by atoms with Gasteiger partial charge in [-0.2, -0.15) is 0 Å². The van der Waals surface area contributed by atoms with Gasteiger partial charge in [0, 0.05) is 6.04 Å². The van der Waals surface area contributed by atoms with Crippen LogP contribution in [0.3, 0.4) is 0 Å². The van der Waals surface area contributed by atoms with Crippen LogP contribution in [-0.2, 0) is 0 Å². The fraction of sp³-hybridized carbons (Fsp3) is 0.846. The van der Waals surface area contributed by atoms with E-state index in [0.717, 1.165) is 17.8 Å². The van der Waals surface area contributed by atoms with Crippen LogP contribution in [0.1, 0.15) is 47.5 Å². The molecule has 1 nitrogen and oxygen atoms in total. The first-order valence-electron chi connectivity index (χ1n) is 5.70. The van der Waals surface area contributed by atoms with E-state index in [2.05, 4.69) is 33.6 Å². The molecule has 1 rings (SSSR count). The molecule has 1 saturated carbocycles. The van der Waals surface area contributed by atoms with Gasteiger partial charge in [-0.25, -0.2) is 0 Å². The fourth-order valence-electron chi connectivity index (χ4n) is 1.89. The molecular formula is C13H27N. The lowest BCUT2D eigenvalue weighted by Crippen LogP contribution is -2.37. The van der Waals surface area contributed by atoms with Crippen LogP contribution in [0.15, 0.2) is 0 Å². The molecule has 4 atom stereocenters. The second-order valence-corrected chi connectivity index (χ2v) is 4.07. The number of hydrogen-bond donors (Lipinski definition) is 1. The van der Waals surface area contributed by atoms with E-state index in [0.29, 0.717) is 6.04 Å². The van der Waals surface area contributed by atoms with E-state index in [-0.39, 0.29) is 0 Å². The maximum Gasteiger partial charge on any atom is 0.00672 e. The van der Waals surface area contributed by atoms with Crippen LogP contribution in [-0.4, -0.2) is 6.04 Å². The van der Waals surface area contributed by atoms with Gasteiger partial charge in [-0.15, -0.1) is 12.8 Å². The SMILES string of the molecule is C#C.CC.CC1CC(C)C(N)CC1C. The summed E-state index contributed by atoms with van der Waals surface area (Å²) in [5.41, 5.74) is 5.93. The Bertz CT molecular complexity index is 113. The van der Waals surface area contributed by atoms with Crippen LogP contribution in [0.5, 0.6) is 0 Å². The smallest absolute Gasteiger partial charge is 0.00672 e. The lowest BCUT2D eigenvalue weighted by atomic mass is 9.74. The number of nitrogens with two attached hydrogens (primary N) is 1. The van der Waals surface area contributed by atoms with Gasteiger partial charge in [0.2, 0.25) is 0 Å². The average molecular weight is 197 g/mol. The van der Waals surface area contributed by atoms with E-state index in [1.165, 1.54) is 12.8 Å². The zero-order chi connectivity index (χ0) is 11.7. The van der Waals surface area contributed by atoms with Gasteiger partial charge < -0.3 is 5.73 Å². The van der Waals surface area contributed by atoms with Crippen molar-refractivity contribution in [2.75, 3.05) is 0 Å². The summed E-state index contributed by atoms with van der Waals surface area (Å²) in [7, 11) is 0. The van der Waals surface area contributed by atoms with Gasteiger partial charge in [-0.3, -0.25) is 0 Å². The largest absolute Gasteiger partial charge is 0.327 e. The van der Waals surface area contributed by atoms with Crippen molar-refractivity contribution in [3.8, 4) is 12.8 Å². The molecule has 4 unspecified atom stereocenters. The standard InChI is InChI=1S/C9H19N.C2H6.C2H2/c1-6-4-8(3)9(10)5-7(6)2;2*1-2/h6-9H,4-5,10H2,1-3H3;1-2H3;1-2H. The zero-order valence-corrected chi connectivity index (χ0v) is 10.5. The van der Waals surface area contributed by atoms with Gasteiger partial charge in [-0.05, 0) is 30.6 Å². The van der Waals surface area contributed by atoms with E-state index in [9.17, 15) is 0 Å². The normalized spacial score (nSPS) is 35.7. The van der Waals surface area contributed by atoms with E-state index < -0.39 is 0 Å². The molecule has 1 fully saturated rings. The predicted octanol–water partition coefficient (Wildman–Crippen LogP) is 3.29. The summed E-state index contributed by atoms with van der Waals surface area (Å²) in [5.74, 6) is 2.46. The zero-order valence-electron chi connectivity index (χ0n) is 10.5. The van der Waals surface area contributed by atoms with E-state index in [4.69, 9.17) is 5.73 Å². The highest BCUT2D eigenvalue weighted by Gasteiger charge is 2.27. The van der Waals surface area contributed by atoms with Crippen LogP contribution in [0.4, 0.5) is 0 Å². The maximum atomic E-state index is 5.93. The number of hydrogen-bond acceptors (Lipinski definition) is 1. The minimum atomic E-state index is 0.464. The van der Waals surface area contributed by atoms with Crippen LogP contribution in [0.25, 0.3) is 0 Å². The molecule has 0 aliphatic heterocycles. The number of terminal acetylenes is 1. The van der Waals surface area contributed by atoms with Crippen molar-refractivity contribution in [2.45, 2.75) is 53.5 Å². The molecule has 0 amide bonds. The van der Waals surface area contributed by atoms with Gasteiger partial charge in [0.1, 0.15) is 0 Å². The fourth-order valence-corrected chi connectivity index (χ4v) is 1.89. The quantitative estimate of drug-likeness (QED) is 0.592. The van der Waals surface area contributed by atoms with Gasteiger partial charge >= 0.3 is 0 Å². The molecule has 0 radical (unpaired) electrons. The summed E-state index contributed by atoms with van der Waals surface area (Å²) in [6.07, 6.45) is 10.5. The minimum Gasteiger partial charge on any atom is -0.327 e. The Hall–Kier alpha value is -0.480. The summed E-state index contributed by atoms with van der Waals surface area (Å²) in [6.45, 7) is 10.9. The van der Waals surface area contributed by atoms with Crippen LogP contribution < -0.4 is 5.73 Å². The molecule has 0 aromatic carbocycles. The predicted molar refractivity (Wildman–Crippen MR) is 65.9 cm³/mol. The topological polar surface area (TPSA) is 26.0 Å². The van der Waals surface area contributed by atoms with Gasteiger partial charge in [0.25, 0.3) is 0 Å². The summed E-state index contributed by atoms with van der Waals surface area (Å²) in [5, 5.41) is 0. The second-order valence-electron chi connectivity index (χ2n) is 4.07. The lowest BCUT2D eigenvalue weighted by Gasteiger charge is -2.34. The Morgan fingerprint density at radius 3 is 1.57 bits per heavy atom. The number of rotatable bonds is 0. The monoisotopic (exact) mass is 197 g/mol. The molecule has 1 aliphatic carbocycles. The molecule has 0 aromatic rings. The van der Waals surface area contributed by atoms with Crippen molar-refractivity contribution in [3.05, 3.63) is 0 Å². The van der Waals surface area contributed by atoms with Crippen molar-refractivity contribution >= 4 is 0 Å². The molecule has 14 heavy (non-hydrogen) atoms. The van der Waals surface area contributed by atoms with Crippen LogP contribution in [0.2, 0.25) is 0 Å².